The molecule has 0 amide bonds. The molecular formula is C14H18O3. The lowest BCUT2D eigenvalue weighted by atomic mass is 10.1. The molecule has 1 aliphatic rings. The maximum absolute atomic E-state index is 5.72. The highest BCUT2D eigenvalue weighted by Gasteiger charge is 2.23. The van der Waals surface area contributed by atoms with E-state index in [1.165, 1.54) is 5.56 Å². The molecule has 1 atom stereocenters. The van der Waals surface area contributed by atoms with E-state index in [1.54, 1.807) is 0 Å². The predicted molar refractivity (Wildman–Crippen MR) is 66.7 cm³/mol. The summed E-state index contributed by atoms with van der Waals surface area (Å²) in [5.41, 5.74) is 1.18. The van der Waals surface area contributed by atoms with Gasteiger partial charge in [0.2, 0.25) is 0 Å². The van der Waals surface area contributed by atoms with Crippen LogP contribution >= 0.6 is 0 Å². The Kier molecular flexibility index (Phi) is 4.04. The van der Waals surface area contributed by atoms with Crippen LogP contribution in [-0.4, -0.2) is 25.9 Å². The first-order valence-electron chi connectivity index (χ1n) is 5.94. The molecule has 0 N–H and O–H groups in total. The van der Waals surface area contributed by atoms with E-state index < -0.39 is 0 Å². The van der Waals surface area contributed by atoms with Crippen LogP contribution in [0.2, 0.25) is 0 Å². The van der Waals surface area contributed by atoms with Gasteiger partial charge in [0.05, 0.1) is 13.2 Å². The summed E-state index contributed by atoms with van der Waals surface area (Å²) in [7, 11) is 0. The number of rotatable bonds is 7. The van der Waals surface area contributed by atoms with E-state index >= 15 is 0 Å². The summed E-state index contributed by atoms with van der Waals surface area (Å²) in [6.07, 6.45) is 2.97. The number of hydrogen-bond donors (Lipinski definition) is 0. The molecule has 3 nitrogen and oxygen atoms in total. The second-order valence-corrected chi connectivity index (χ2v) is 3.97. The largest absolute Gasteiger partial charge is 0.490 e. The Labute approximate surface area is 102 Å². The van der Waals surface area contributed by atoms with E-state index in [-0.39, 0.29) is 6.10 Å². The van der Waals surface area contributed by atoms with Crippen molar-refractivity contribution in [3.8, 4) is 11.5 Å². The summed E-state index contributed by atoms with van der Waals surface area (Å²) >= 11 is 0. The lowest BCUT2D eigenvalue weighted by Gasteiger charge is -2.12. The summed E-state index contributed by atoms with van der Waals surface area (Å²) in [6, 6.07) is 5.99. The van der Waals surface area contributed by atoms with Crippen LogP contribution in [0, 0.1) is 0 Å². The van der Waals surface area contributed by atoms with Crippen LogP contribution in [0.15, 0.2) is 30.9 Å². The fourth-order valence-corrected chi connectivity index (χ4v) is 1.58. The Hall–Kier alpha value is -1.48. The van der Waals surface area contributed by atoms with Gasteiger partial charge in [-0.25, -0.2) is 0 Å². The minimum atomic E-state index is 0.257. The van der Waals surface area contributed by atoms with Gasteiger partial charge in [-0.1, -0.05) is 12.1 Å². The molecule has 1 fully saturated rings. The molecule has 0 saturated carbocycles. The Morgan fingerprint density at radius 3 is 2.88 bits per heavy atom. The first kappa shape index (κ1) is 12.0. The Morgan fingerprint density at radius 1 is 1.41 bits per heavy atom. The highest BCUT2D eigenvalue weighted by atomic mass is 16.6. The molecule has 17 heavy (non-hydrogen) atoms. The third kappa shape index (κ3) is 3.49. The average molecular weight is 234 g/mol. The van der Waals surface area contributed by atoms with Gasteiger partial charge in [-0.15, -0.1) is 6.58 Å². The topological polar surface area (TPSA) is 31.0 Å². The zero-order chi connectivity index (χ0) is 12.1. The van der Waals surface area contributed by atoms with E-state index in [4.69, 9.17) is 14.2 Å². The second-order valence-electron chi connectivity index (χ2n) is 3.97. The summed E-state index contributed by atoms with van der Waals surface area (Å²) in [5, 5.41) is 0. The van der Waals surface area contributed by atoms with Crippen molar-refractivity contribution in [1.29, 1.82) is 0 Å². The van der Waals surface area contributed by atoms with Gasteiger partial charge in [-0.05, 0) is 31.0 Å². The molecule has 0 radical (unpaired) electrons. The molecule has 1 heterocycles. The number of allylic oxidation sites excluding steroid dienone is 1. The first-order valence-corrected chi connectivity index (χ1v) is 5.94. The smallest absolute Gasteiger partial charge is 0.161 e. The van der Waals surface area contributed by atoms with Crippen LogP contribution < -0.4 is 9.47 Å². The molecule has 0 bridgehead atoms. The van der Waals surface area contributed by atoms with Crippen molar-refractivity contribution in [2.75, 3.05) is 19.8 Å². The zero-order valence-electron chi connectivity index (χ0n) is 10.1. The van der Waals surface area contributed by atoms with Crippen LogP contribution in [-0.2, 0) is 11.2 Å². The molecule has 0 aromatic heterocycles. The van der Waals surface area contributed by atoms with Crippen molar-refractivity contribution in [2.24, 2.45) is 0 Å². The van der Waals surface area contributed by atoms with E-state index in [2.05, 4.69) is 6.58 Å². The zero-order valence-corrected chi connectivity index (χ0v) is 10.1. The van der Waals surface area contributed by atoms with Crippen LogP contribution in [0.5, 0.6) is 11.5 Å². The molecule has 2 rings (SSSR count). The predicted octanol–water partition coefficient (Wildman–Crippen LogP) is 2.59. The minimum Gasteiger partial charge on any atom is -0.490 e. The minimum absolute atomic E-state index is 0.257. The van der Waals surface area contributed by atoms with Gasteiger partial charge >= 0.3 is 0 Å². The van der Waals surface area contributed by atoms with E-state index in [1.807, 2.05) is 31.2 Å². The molecular weight excluding hydrogens is 216 g/mol. The van der Waals surface area contributed by atoms with Crippen molar-refractivity contribution in [1.82, 2.24) is 0 Å². The molecule has 1 aromatic rings. The third-order valence-corrected chi connectivity index (χ3v) is 2.52. The van der Waals surface area contributed by atoms with Gasteiger partial charge in [0, 0.05) is 0 Å². The SMILES string of the molecule is C=CCc1ccc(OCC)c(OCC2CO2)c1. The normalized spacial score (nSPS) is 17.6. The number of ether oxygens (including phenoxy) is 3. The fourth-order valence-electron chi connectivity index (χ4n) is 1.58. The lowest BCUT2D eigenvalue weighted by molar-refractivity contribution is 0.245. The average Bonchev–Trinajstić information content (AvgIpc) is 3.14. The van der Waals surface area contributed by atoms with Crippen molar-refractivity contribution in [3.05, 3.63) is 36.4 Å². The summed E-state index contributed by atoms with van der Waals surface area (Å²) < 4.78 is 16.4. The maximum Gasteiger partial charge on any atom is 0.161 e. The molecule has 0 spiro atoms. The van der Waals surface area contributed by atoms with Gasteiger partial charge in [0.15, 0.2) is 11.5 Å². The van der Waals surface area contributed by atoms with Crippen LogP contribution in [0.3, 0.4) is 0 Å². The van der Waals surface area contributed by atoms with E-state index in [0.717, 1.165) is 24.5 Å². The molecule has 1 unspecified atom stereocenters. The Morgan fingerprint density at radius 2 is 2.24 bits per heavy atom. The van der Waals surface area contributed by atoms with E-state index in [0.29, 0.717) is 13.2 Å². The van der Waals surface area contributed by atoms with Gasteiger partial charge in [0.1, 0.15) is 12.7 Å². The molecule has 0 aliphatic carbocycles. The highest BCUT2D eigenvalue weighted by molar-refractivity contribution is 5.43. The monoisotopic (exact) mass is 234 g/mol. The summed E-state index contributed by atoms with van der Waals surface area (Å²) in [5.74, 6) is 1.59. The highest BCUT2D eigenvalue weighted by Crippen LogP contribution is 2.29. The maximum atomic E-state index is 5.72. The first-order chi connectivity index (χ1) is 8.33. The molecule has 92 valence electrons. The van der Waals surface area contributed by atoms with Crippen molar-refractivity contribution < 1.29 is 14.2 Å². The van der Waals surface area contributed by atoms with Crippen molar-refractivity contribution >= 4 is 0 Å². The summed E-state index contributed by atoms with van der Waals surface area (Å²) in [6.45, 7) is 7.73. The molecule has 1 saturated heterocycles. The second kappa shape index (κ2) is 5.73. The fraction of sp³-hybridized carbons (Fsp3) is 0.429. The quantitative estimate of drug-likeness (QED) is 0.536. The van der Waals surface area contributed by atoms with Gasteiger partial charge in [0.25, 0.3) is 0 Å². The number of hydrogen-bond acceptors (Lipinski definition) is 3. The van der Waals surface area contributed by atoms with Gasteiger partial charge in [-0.2, -0.15) is 0 Å². The molecule has 1 aliphatic heterocycles. The van der Waals surface area contributed by atoms with E-state index in [9.17, 15) is 0 Å². The lowest BCUT2D eigenvalue weighted by Crippen LogP contribution is -2.06. The Balaban J connectivity index is 2.09. The van der Waals surface area contributed by atoms with Gasteiger partial charge < -0.3 is 14.2 Å². The van der Waals surface area contributed by atoms with Crippen LogP contribution in [0.1, 0.15) is 12.5 Å². The van der Waals surface area contributed by atoms with Gasteiger partial charge in [-0.3, -0.25) is 0 Å². The standard InChI is InChI=1S/C14H18O3/c1-3-5-11-6-7-13(15-4-2)14(8-11)17-10-12-9-16-12/h3,6-8,12H,1,4-5,9-10H2,2H3. The molecule has 3 heteroatoms. The third-order valence-electron chi connectivity index (χ3n) is 2.52. The van der Waals surface area contributed by atoms with Crippen LogP contribution in [0.4, 0.5) is 0 Å². The number of epoxide rings is 1. The van der Waals surface area contributed by atoms with Crippen molar-refractivity contribution in [2.45, 2.75) is 19.4 Å². The Bertz CT molecular complexity index is 383. The summed E-state index contributed by atoms with van der Waals surface area (Å²) in [4.78, 5) is 0. The van der Waals surface area contributed by atoms with Crippen molar-refractivity contribution in [3.63, 3.8) is 0 Å². The van der Waals surface area contributed by atoms with Crippen LogP contribution in [0.25, 0.3) is 0 Å². The molecule has 1 aromatic carbocycles. The number of benzene rings is 1.